The minimum absolute atomic E-state index is 0.0302. The number of rotatable bonds is 2. The summed E-state index contributed by atoms with van der Waals surface area (Å²) in [6.45, 7) is 1.81. The third-order valence-corrected chi connectivity index (χ3v) is 6.16. The van der Waals surface area contributed by atoms with Gasteiger partial charge < -0.3 is 18.1 Å². The van der Waals surface area contributed by atoms with Gasteiger partial charge in [0.2, 0.25) is 5.82 Å². The largest absolute Gasteiger partial charge is 0.486 e. The van der Waals surface area contributed by atoms with Gasteiger partial charge in [0.1, 0.15) is 23.4 Å². The van der Waals surface area contributed by atoms with E-state index in [-0.39, 0.29) is 52.3 Å². The second kappa shape index (κ2) is 7.32. The summed E-state index contributed by atoms with van der Waals surface area (Å²) < 4.78 is 47.4. The number of pyridine rings is 1. The number of halogens is 3. The quantitative estimate of drug-likeness (QED) is 0.303. The Morgan fingerprint density at radius 2 is 1.85 bits per heavy atom. The van der Waals surface area contributed by atoms with Gasteiger partial charge in [-0.2, -0.15) is 4.39 Å². The van der Waals surface area contributed by atoms with Crippen molar-refractivity contribution in [3.63, 3.8) is 0 Å². The fourth-order valence-electron chi connectivity index (χ4n) is 4.12. The highest BCUT2D eigenvalue weighted by atomic mass is 79.9. The van der Waals surface area contributed by atoms with Crippen molar-refractivity contribution in [1.82, 2.24) is 14.8 Å². The highest BCUT2D eigenvalue weighted by molar-refractivity contribution is 9.10. The predicted molar refractivity (Wildman–Crippen MR) is 121 cm³/mol. The van der Waals surface area contributed by atoms with Crippen LogP contribution in [-0.2, 0) is 0 Å². The normalized spacial score (nSPS) is 15.1. The molecule has 2 aromatic carbocycles. The molecule has 3 aromatic heterocycles. The zero-order valence-electron chi connectivity index (χ0n) is 17.3. The van der Waals surface area contributed by atoms with E-state index in [9.17, 15) is 18.4 Å². The molecule has 1 atom stereocenters. The van der Waals surface area contributed by atoms with Crippen molar-refractivity contribution in [2.24, 2.45) is 0 Å². The van der Waals surface area contributed by atoms with E-state index in [0.29, 0.717) is 11.0 Å². The number of ether oxygens (including phenoxy) is 1. The van der Waals surface area contributed by atoms with Gasteiger partial charge >= 0.3 is 5.63 Å². The van der Waals surface area contributed by atoms with Gasteiger partial charge in [0, 0.05) is 15.9 Å². The lowest BCUT2D eigenvalue weighted by atomic mass is 10.1. The Kier molecular flexibility index (Phi) is 4.46. The van der Waals surface area contributed by atoms with Crippen molar-refractivity contribution in [1.29, 1.82) is 0 Å². The molecule has 0 amide bonds. The van der Waals surface area contributed by atoms with Crippen molar-refractivity contribution >= 4 is 37.8 Å². The Hall–Kier alpha value is -3.86. The number of hydrogen-bond donors (Lipinski definition) is 0. The number of fused-ring (bicyclic) bond motifs is 1. The molecule has 0 fully saturated rings. The molecule has 0 aliphatic carbocycles. The van der Waals surface area contributed by atoms with Gasteiger partial charge in [0.25, 0.3) is 11.8 Å². The summed E-state index contributed by atoms with van der Waals surface area (Å²) in [5.41, 5.74) is -0.547. The smallest absolute Gasteiger partial charge is 0.349 e. The van der Waals surface area contributed by atoms with Crippen LogP contribution in [0.25, 0.3) is 44.9 Å². The molecule has 8 nitrogen and oxygen atoms in total. The maximum absolute atomic E-state index is 14.4. The topological polar surface area (TPSA) is 100 Å². The zero-order valence-corrected chi connectivity index (χ0v) is 18.9. The van der Waals surface area contributed by atoms with E-state index < -0.39 is 22.7 Å². The van der Waals surface area contributed by atoms with Crippen LogP contribution in [0.3, 0.4) is 0 Å². The van der Waals surface area contributed by atoms with Crippen LogP contribution < -0.4 is 15.8 Å². The number of nitrogens with zero attached hydrogens (tertiary/aromatic N) is 3. The van der Waals surface area contributed by atoms with E-state index in [1.165, 1.54) is 6.07 Å². The molecule has 1 unspecified atom stereocenters. The lowest BCUT2D eigenvalue weighted by molar-refractivity contribution is 0.234. The van der Waals surface area contributed by atoms with Crippen molar-refractivity contribution < 1.29 is 22.4 Å². The van der Waals surface area contributed by atoms with Crippen molar-refractivity contribution in [3.8, 4) is 28.8 Å². The van der Waals surface area contributed by atoms with Crippen molar-refractivity contribution in [2.45, 2.75) is 13.0 Å². The average molecular weight is 528 g/mol. The molecule has 0 saturated carbocycles. The highest BCUT2D eigenvalue weighted by Crippen LogP contribution is 2.38. The third kappa shape index (κ3) is 3.00. The Morgan fingerprint density at radius 1 is 1.06 bits per heavy atom. The molecule has 0 saturated heterocycles. The van der Waals surface area contributed by atoms with E-state index in [2.05, 4.69) is 26.1 Å². The molecule has 34 heavy (non-hydrogen) atoms. The molecule has 170 valence electrons. The van der Waals surface area contributed by atoms with Crippen molar-refractivity contribution in [2.75, 3.05) is 6.61 Å². The molecule has 0 spiro atoms. The Bertz CT molecular complexity index is 1780. The van der Waals surface area contributed by atoms with Gasteiger partial charge in [-0.15, -0.1) is 10.2 Å². The van der Waals surface area contributed by atoms with Crippen LogP contribution in [-0.4, -0.2) is 21.4 Å². The number of benzene rings is 2. The summed E-state index contributed by atoms with van der Waals surface area (Å²) in [6.07, 6.45) is 0. The fourth-order valence-corrected chi connectivity index (χ4v) is 4.50. The van der Waals surface area contributed by atoms with E-state index in [1.807, 2.05) is 0 Å². The third-order valence-electron chi connectivity index (χ3n) is 5.66. The summed E-state index contributed by atoms with van der Waals surface area (Å²) in [5.74, 6) is -2.91. The molecule has 6 rings (SSSR count). The van der Waals surface area contributed by atoms with Crippen molar-refractivity contribution in [3.05, 3.63) is 73.1 Å². The molecule has 0 radical (unpaired) electrons. The van der Waals surface area contributed by atoms with Crippen LogP contribution in [0.1, 0.15) is 13.0 Å². The average Bonchev–Trinajstić information content (AvgIpc) is 3.29. The molecule has 0 bridgehead atoms. The van der Waals surface area contributed by atoms with Gasteiger partial charge in [-0.25, -0.2) is 9.18 Å². The summed E-state index contributed by atoms with van der Waals surface area (Å²) >= 11 is 3.37. The molecule has 0 N–H and O–H groups in total. The first-order valence-electron chi connectivity index (χ1n) is 10.1. The summed E-state index contributed by atoms with van der Waals surface area (Å²) in [5, 5.41) is 8.57. The lowest BCUT2D eigenvalue weighted by Gasteiger charge is -2.28. The number of aromatic nitrogens is 3. The first-order chi connectivity index (χ1) is 16.3. The zero-order chi connectivity index (χ0) is 23.7. The maximum atomic E-state index is 14.4. The van der Waals surface area contributed by atoms with E-state index in [0.717, 1.165) is 10.5 Å². The first kappa shape index (κ1) is 20.7. The second-order valence-electron chi connectivity index (χ2n) is 7.86. The summed E-state index contributed by atoms with van der Waals surface area (Å²) in [4.78, 5) is 25.3. The van der Waals surface area contributed by atoms with Crippen LogP contribution >= 0.6 is 15.9 Å². The molecular weight excluding hydrogens is 516 g/mol. The van der Waals surface area contributed by atoms with Crippen LogP contribution in [0, 0.1) is 11.6 Å². The van der Waals surface area contributed by atoms with Crippen LogP contribution in [0.2, 0.25) is 0 Å². The molecular formula is C23H12BrF2N3O5. The Labute approximate surface area is 196 Å². The van der Waals surface area contributed by atoms with Gasteiger partial charge in [-0.3, -0.25) is 4.79 Å². The first-order valence-corrected chi connectivity index (χ1v) is 10.9. The van der Waals surface area contributed by atoms with Crippen LogP contribution in [0.4, 0.5) is 8.78 Å². The Morgan fingerprint density at radius 3 is 2.68 bits per heavy atom. The van der Waals surface area contributed by atoms with Crippen LogP contribution in [0.15, 0.2) is 59.3 Å². The number of hydrogen-bond acceptors (Lipinski definition) is 7. The second-order valence-corrected chi connectivity index (χ2v) is 8.78. The van der Waals surface area contributed by atoms with Gasteiger partial charge in [-0.05, 0) is 37.3 Å². The molecule has 1 aliphatic heterocycles. The van der Waals surface area contributed by atoms with E-state index in [4.69, 9.17) is 13.6 Å². The van der Waals surface area contributed by atoms with Gasteiger partial charge in [0.05, 0.1) is 16.9 Å². The van der Waals surface area contributed by atoms with Gasteiger partial charge in [-0.1, -0.05) is 15.9 Å². The summed E-state index contributed by atoms with van der Waals surface area (Å²) in [7, 11) is 0. The molecule has 4 heterocycles. The maximum Gasteiger partial charge on any atom is 0.349 e. The fraction of sp³-hybridized carbons (Fsp3) is 0.130. The standard InChI is InChI=1S/C23H12BrF2N3O5/c1-9-8-32-20-18(26)14(25)6-12-16(30)7-15(29(9)19(12)20)22-28-27-21(34-22)13-5-10-4-11(24)2-3-17(10)33-23(13)31/h2-7,9H,8H2,1H3. The predicted octanol–water partition coefficient (Wildman–Crippen LogP) is 4.82. The van der Waals surface area contributed by atoms with E-state index in [1.54, 1.807) is 35.8 Å². The minimum Gasteiger partial charge on any atom is -0.486 e. The van der Waals surface area contributed by atoms with E-state index >= 15 is 0 Å². The monoisotopic (exact) mass is 527 g/mol. The lowest BCUT2D eigenvalue weighted by Crippen LogP contribution is -2.25. The molecule has 5 aromatic rings. The van der Waals surface area contributed by atoms with Crippen LogP contribution in [0.5, 0.6) is 5.75 Å². The SMILES string of the molecule is CC1COc2c(F)c(F)cc3c(=O)cc(-c4nnc(-c5cc6cc(Br)ccc6oc5=O)o4)n1c23. The van der Waals surface area contributed by atoms with Gasteiger partial charge in [0.15, 0.2) is 17.0 Å². The highest BCUT2D eigenvalue weighted by Gasteiger charge is 2.29. The minimum atomic E-state index is -1.18. The molecule has 1 aliphatic rings. The Balaban J connectivity index is 1.57. The summed E-state index contributed by atoms with van der Waals surface area (Å²) in [6, 6.07) is 8.41. The molecule has 11 heteroatoms.